The van der Waals surface area contributed by atoms with Gasteiger partial charge in [-0.2, -0.15) is 0 Å². The van der Waals surface area contributed by atoms with E-state index >= 15 is 0 Å². The van der Waals surface area contributed by atoms with E-state index < -0.39 is 6.10 Å². The minimum absolute atomic E-state index is 0.0740. The molecule has 77 heavy (non-hydrogen) atoms. The summed E-state index contributed by atoms with van der Waals surface area (Å²) in [6.45, 7) is 6.57. The largest absolute Gasteiger partial charge is 0.462 e. The normalized spacial score (nSPS) is 12.4. The molecule has 6 heteroatoms. The summed E-state index contributed by atoms with van der Waals surface area (Å²) in [5, 5.41) is 0. The van der Waals surface area contributed by atoms with E-state index in [1.807, 2.05) is 0 Å². The van der Waals surface area contributed by atoms with Crippen molar-refractivity contribution in [2.45, 2.75) is 361 Å². The summed E-state index contributed by atoms with van der Waals surface area (Å²) in [6.07, 6.45) is 83.8. The van der Waals surface area contributed by atoms with E-state index in [4.69, 9.17) is 14.2 Å². The summed E-state index contributed by atoms with van der Waals surface area (Å²) in [5.41, 5.74) is 0. The van der Waals surface area contributed by atoms with Crippen LogP contribution in [0, 0.1) is 0 Å². The fourth-order valence-corrected chi connectivity index (χ4v) is 9.96. The molecule has 0 aliphatic rings. The molecule has 0 rings (SSSR count). The number of hydrogen-bond donors (Lipinski definition) is 0. The Kier molecular flexibility index (Phi) is 63.2. The van der Waals surface area contributed by atoms with Crippen LogP contribution in [0.5, 0.6) is 0 Å². The molecule has 0 heterocycles. The number of hydrogen-bond acceptors (Lipinski definition) is 6. The van der Waals surface area contributed by atoms with Gasteiger partial charge in [-0.05, 0) is 83.5 Å². The van der Waals surface area contributed by atoms with Gasteiger partial charge in [-0.3, -0.25) is 14.4 Å². The highest BCUT2D eigenvalue weighted by Gasteiger charge is 2.19. The Labute approximate surface area is 479 Å². The molecule has 0 saturated heterocycles. The van der Waals surface area contributed by atoms with Crippen molar-refractivity contribution in [3.63, 3.8) is 0 Å². The third-order valence-electron chi connectivity index (χ3n) is 15.0. The van der Waals surface area contributed by atoms with Gasteiger partial charge >= 0.3 is 17.9 Å². The lowest BCUT2D eigenvalue weighted by atomic mass is 10.0. The molecular formula is C71H128O6. The van der Waals surface area contributed by atoms with Crippen LogP contribution in [-0.4, -0.2) is 37.2 Å². The van der Waals surface area contributed by atoms with Crippen molar-refractivity contribution in [2.24, 2.45) is 0 Å². The highest BCUT2D eigenvalue weighted by Crippen LogP contribution is 2.18. The van der Waals surface area contributed by atoms with E-state index in [0.717, 1.165) is 89.9 Å². The Morgan fingerprint density at radius 2 is 0.506 bits per heavy atom. The van der Waals surface area contributed by atoms with Gasteiger partial charge in [0.25, 0.3) is 0 Å². The van der Waals surface area contributed by atoms with Gasteiger partial charge in [-0.15, -0.1) is 0 Å². The van der Waals surface area contributed by atoms with Crippen LogP contribution in [0.15, 0.2) is 60.8 Å². The SMILES string of the molecule is CC/C=C\C/C=C\C/C=C\CCCCCCCCCC(=O)OC(COC(=O)CCCCCCCCCCCCCCCCC)COC(=O)CCCCCCCCCCCCCCCCC/C=C\C/C=C\CCCCCCC. The Balaban J connectivity index is 4.26. The summed E-state index contributed by atoms with van der Waals surface area (Å²) >= 11 is 0. The number of carbonyl (C=O) groups excluding carboxylic acids is 3. The zero-order valence-corrected chi connectivity index (χ0v) is 51.5. The molecule has 1 atom stereocenters. The van der Waals surface area contributed by atoms with Crippen molar-refractivity contribution in [1.82, 2.24) is 0 Å². The van der Waals surface area contributed by atoms with Crippen molar-refractivity contribution in [3.05, 3.63) is 60.8 Å². The minimum atomic E-state index is -0.778. The lowest BCUT2D eigenvalue weighted by Gasteiger charge is -2.18. The van der Waals surface area contributed by atoms with Gasteiger partial charge in [0, 0.05) is 19.3 Å². The fourth-order valence-electron chi connectivity index (χ4n) is 9.96. The molecule has 0 aliphatic carbocycles. The maximum Gasteiger partial charge on any atom is 0.306 e. The first-order valence-corrected chi connectivity index (χ1v) is 33.8. The van der Waals surface area contributed by atoms with Crippen molar-refractivity contribution >= 4 is 17.9 Å². The fraction of sp³-hybridized carbons (Fsp3) is 0.817. The summed E-state index contributed by atoms with van der Waals surface area (Å²) < 4.78 is 17.0. The second-order valence-corrected chi connectivity index (χ2v) is 22.7. The van der Waals surface area contributed by atoms with Gasteiger partial charge in [0.2, 0.25) is 0 Å². The quantitative estimate of drug-likeness (QED) is 0.0261. The lowest BCUT2D eigenvalue weighted by molar-refractivity contribution is -0.167. The van der Waals surface area contributed by atoms with Crippen LogP contribution in [-0.2, 0) is 28.6 Å². The molecule has 0 spiro atoms. The molecule has 0 aromatic heterocycles. The molecule has 0 radical (unpaired) electrons. The summed E-state index contributed by atoms with van der Waals surface area (Å²) in [6, 6.07) is 0. The Morgan fingerprint density at radius 1 is 0.273 bits per heavy atom. The van der Waals surface area contributed by atoms with Gasteiger partial charge < -0.3 is 14.2 Å². The van der Waals surface area contributed by atoms with E-state index in [1.165, 1.54) is 225 Å². The van der Waals surface area contributed by atoms with E-state index in [2.05, 4.69) is 81.5 Å². The van der Waals surface area contributed by atoms with E-state index in [1.54, 1.807) is 0 Å². The molecule has 1 unspecified atom stereocenters. The van der Waals surface area contributed by atoms with E-state index in [9.17, 15) is 14.4 Å². The molecule has 0 aliphatic heterocycles. The van der Waals surface area contributed by atoms with Gasteiger partial charge in [-0.1, -0.05) is 313 Å². The Morgan fingerprint density at radius 3 is 0.792 bits per heavy atom. The number of unbranched alkanes of at least 4 members (excludes halogenated alkanes) is 41. The highest BCUT2D eigenvalue weighted by molar-refractivity contribution is 5.71. The Hall–Kier alpha value is -2.89. The average Bonchev–Trinajstić information content (AvgIpc) is 3.43. The number of allylic oxidation sites excluding steroid dienone is 10. The smallest absolute Gasteiger partial charge is 0.306 e. The van der Waals surface area contributed by atoms with Crippen LogP contribution in [0.3, 0.4) is 0 Å². The first-order chi connectivity index (χ1) is 38.0. The van der Waals surface area contributed by atoms with Crippen molar-refractivity contribution in [1.29, 1.82) is 0 Å². The van der Waals surface area contributed by atoms with Gasteiger partial charge in [0.1, 0.15) is 13.2 Å². The maximum atomic E-state index is 12.9. The number of carbonyl (C=O) groups is 3. The molecule has 6 nitrogen and oxygen atoms in total. The predicted molar refractivity (Wildman–Crippen MR) is 335 cm³/mol. The molecule has 448 valence electrons. The number of ether oxygens (including phenoxy) is 3. The lowest BCUT2D eigenvalue weighted by Crippen LogP contribution is -2.30. The molecule has 0 N–H and O–H groups in total. The van der Waals surface area contributed by atoms with Crippen molar-refractivity contribution in [2.75, 3.05) is 13.2 Å². The number of esters is 3. The molecular weight excluding hydrogens is 949 g/mol. The van der Waals surface area contributed by atoms with E-state index in [0.29, 0.717) is 19.3 Å². The highest BCUT2D eigenvalue weighted by atomic mass is 16.6. The molecule has 0 aromatic carbocycles. The zero-order chi connectivity index (χ0) is 55.7. The van der Waals surface area contributed by atoms with Crippen LogP contribution in [0.4, 0.5) is 0 Å². The van der Waals surface area contributed by atoms with E-state index in [-0.39, 0.29) is 31.1 Å². The minimum Gasteiger partial charge on any atom is -0.462 e. The van der Waals surface area contributed by atoms with Crippen LogP contribution in [0.2, 0.25) is 0 Å². The first kappa shape index (κ1) is 74.1. The second-order valence-electron chi connectivity index (χ2n) is 22.7. The monoisotopic (exact) mass is 1080 g/mol. The molecule has 0 fully saturated rings. The standard InChI is InChI=1S/C71H128O6/c1-4-7-10-13-16-19-22-25-28-30-31-32-33-34-35-36-37-38-39-41-43-46-49-52-55-58-61-64-70(73)76-67-68(66-75-69(72)63-60-57-54-51-48-45-42-27-24-21-18-15-12-9-6-3)77-71(74)65-62-59-56-53-50-47-44-40-29-26-23-20-17-14-11-8-5-2/h8,11,17,20,22,25-26,29-31,68H,4-7,9-10,12-16,18-19,21,23-24,27-28,32-67H2,1-3H3/b11-8-,20-17-,25-22-,29-26-,31-30-. The Bertz CT molecular complexity index is 1380. The first-order valence-electron chi connectivity index (χ1n) is 33.8. The summed E-state index contributed by atoms with van der Waals surface area (Å²) in [5.74, 6) is -0.862. The maximum absolute atomic E-state index is 12.9. The third kappa shape index (κ3) is 63.8. The average molecular weight is 1080 g/mol. The summed E-state index contributed by atoms with van der Waals surface area (Å²) in [4.78, 5) is 38.4. The van der Waals surface area contributed by atoms with Gasteiger partial charge in [-0.25, -0.2) is 0 Å². The second kappa shape index (κ2) is 65.6. The zero-order valence-electron chi connectivity index (χ0n) is 51.5. The van der Waals surface area contributed by atoms with Crippen LogP contribution >= 0.6 is 0 Å². The van der Waals surface area contributed by atoms with Gasteiger partial charge in [0.05, 0.1) is 0 Å². The van der Waals surface area contributed by atoms with Crippen molar-refractivity contribution in [3.8, 4) is 0 Å². The molecule has 0 saturated carbocycles. The van der Waals surface area contributed by atoms with Crippen LogP contribution in [0.25, 0.3) is 0 Å². The molecule has 0 amide bonds. The molecule has 0 bridgehead atoms. The van der Waals surface area contributed by atoms with Crippen molar-refractivity contribution < 1.29 is 28.6 Å². The third-order valence-corrected chi connectivity index (χ3v) is 15.0. The molecule has 0 aromatic rings. The summed E-state index contributed by atoms with van der Waals surface area (Å²) in [7, 11) is 0. The van der Waals surface area contributed by atoms with Gasteiger partial charge in [0.15, 0.2) is 6.10 Å². The topological polar surface area (TPSA) is 78.9 Å². The predicted octanol–water partition coefficient (Wildman–Crippen LogP) is 23.1. The van der Waals surface area contributed by atoms with Crippen LogP contribution < -0.4 is 0 Å². The van der Waals surface area contributed by atoms with Crippen LogP contribution in [0.1, 0.15) is 355 Å². The number of rotatable bonds is 62.